The zero-order valence-electron chi connectivity index (χ0n) is 10.0. The van der Waals surface area contributed by atoms with Gasteiger partial charge in [-0.15, -0.1) is 11.8 Å². The van der Waals surface area contributed by atoms with E-state index in [4.69, 9.17) is 5.11 Å². The molecule has 1 saturated heterocycles. The van der Waals surface area contributed by atoms with E-state index in [9.17, 15) is 14.4 Å². The smallest absolute Gasteiger partial charge is 0.407 e. The van der Waals surface area contributed by atoms with Crippen LogP contribution in [-0.4, -0.2) is 58.8 Å². The molecule has 0 bridgehead atoms. The van der Waals surface area contributed by atoms with Gasteiger partial charge < -0.3 is 20.1 Å². The maximum atomic E-state index is 12.0. The summed E-state index contributed by atoms with van der Waals surface area (Å²) < 4.78 is 4.65. The molecule has 102 valence electrons. The molecule has 0 saturated carbocycles. The fraction of sp³-hybridized carbons (Fsp3) is 0.700. The van der Waals surface area contributed by atoms with Gasteiger partial charge in [0.1, 0.15) is 6.04 Å². The second-order valence-electron chi connectivity index (χ2n) is 3.65. The van der Waals surface area contributed by atoms with Gasteiger partial charge in [0.15, 0.2) is 0 Å². The molecule has 18 heavy (non-hydrogen) atoms. The number of alkyl carbamates (subject to hydrolysis) is 1. The van der Waals surface area contributed by atoms with Crippen molar-refractivity contribution in [2.45, 2.75) is 19.4 Å². The highest BCUT2D eigenvalue weighted by Crippen LogP contribution is 2.15. The molecule has 0 unspecified atom stereocenters. The van der Waals surface area contributed by atoms with Gasteiger partial charge >= 0.3 is 12.1 Å². The Balaban J connectivity index is 2.61. The number of ether oxygens (including phenoxy) is 1. The molecule has 0 spiro atoms. The molecular weight excluding hydrogens is 260 g/mol. The van der Waals surface area contributed by atoms with Crippen molar-refractivity contribution in [1.82, 2.24) is 10.2 Å². The van der Waals surface area contributed by atoms with Crippen LogP contribution in [0.4, 0.5) is 4.79 Å². The maximum absolute atomic E-state index is 12.0. The van der Waals surface area contributed by atoms with Gasteiger partial charge in [0.2, 0.25) is 5.91 Å². The van der Waals surface area contributed by atoms with E-state index in [1.807, 2.05) is 0 Å². The number of rotatable bonds is 5. The molecule has 1 rings (SSSR count). The molecule has 1 atom stereocenters. The quantitative estimate of drug-likeness (QED) is 0.740. The van der Waals surface area contributed by atoms with Gasteiger partial charge in [0, 0.05) is 12.3 Å². The van der Waals surface area contributed by atoms with Crippen molar-refractivity contribution in [3.8, 4) is 0 Å². The van der Waals surface area contributed by atoms with Gasteiger partial charge in [-0.2, -0.15) is 0 Å². The molecule has 0 aromatic heterocycles. The summed E-state index contributed by atoms with van der Waals surface area (Å²) in [6, 6.07) is -1.07. The van der Waals surface area contributed by atoms with E-state index in [0.717, 1.165) is 5.75 Å². The van der Waals surface area contributed by atoms with Crippen LogP contribution in [-0.2, 0) is 14.3 Å². The first kappa shape index (κ1) is 14.6. The minimum absolute atomic E-state index is 0.166. The van der Waals surface area contributed by atoms with E-state index < -0.39 is 24.5 Å². The summed E-state index contributed by atoms with van der Waals surface area (Å²) in [4.78, 5) is 35.5. The summed E-state index contributed by atoms with van der Waals surface area (Å²) in [5.74, 6) is -0.169. The SMILES string of the molecule is CCOC(=O)N[C@@H](CC(=O)O)C(=O)N1CCSC1. The van der Waals surface area contributed by atoms with E-state index in [-0.39, 0.29) is 12.5 Å². The largest absolute Gasteiger partial charge is 0.481 e. The fourth-order valence-corrected chi connectivity index (χ4v) is 2.45. The second kappa shape index (κ2) is 7.10. The highest BCUT2D eigenvalue weighted by atomic mass is 32.2. The number of carbonyl (C=O) groups excluding carboxylic acids is 2. The van der Waals surface area contributed by atoms with Crippen LogP contribution in [0, 0.1) is 0 Å². The number of carboxylic acid groups (broad SMARTS) is 1. The molecule has 2 N–H and O–H groups in total. The van der Waals surface area contributed by atoms with Crippen LogP contribution in [0.1, 0.15) is 13.3 Å². The van der Waals surface area contributed by atoms with Crippen molar-refractivity contribution >= 4 is 29.7 Å². The zero-order valence-corrected chi connectivity index (χ0v) is 10.9. The number of nitrogens with one attached hydrogen (secondary N) is 1. The van der Waals surface area contributed by atoms with Crippen molar-refractivity contribution in [3.05, 3.63) is 0 Å². The van der Waals surface area contributed by atoms with Crippen LogP contribution in [0.3, 0.4) is 0 Å². The van der Waals surface area contributed by atoms with Gasteiger partial charge in [-0.25, -0.2) is 4.79 Å². The normalized spacial score (nSPS) is 16.2. The molecule has 0 aromatic rings. The molecule has 1 fully saturated rings. The summed E-state index contributed by atoms with van der Waals surface area (Å²) >= 11 is 1.59. The summed E-state index contributed by atoms with van der Waals surface area (Å²) in [7, 11) is 0. The Morgan fingerprint density at radius 2 is 2.22 bits per heavy atom. The molecule has 1 aliphatic rings. The number of carbonyl (C=O) groups is 3. The average molecular weight is 276 g/mol. The number of nitrogens with zero attached hydrogens (tertiary/aromatic N) is 1. The molecule has 8 heteroatoms. The summed E-state index contributed by atoms with van der Waals surface area (Å²) in [6.07, 6.45) is -1.22. The number of amides is 2. The Morgan fingerprint density at radius 3 is 2.72 bits per heavy atom. The molecule has 7 nitrogen and oxygen atoms in total. The number of hydrogen-bond acceptors (Lipinski definition) is 5. The molecule has 0 aliphatic carbocycles. The lowest BCUT2D eigenvalue weighted by Crippen LogP contribution is -2.48. The first-order chi connectivity index (χ1) is 8.54. The number of hydrogen-bond donors (Lipinski definition) is 2. The zero-order chi connectivity index (χ0) is 13.5. The Hall–Kier alpha value is -1.44. The van der Waals surface area contributed by atoms with Crippen LogP contribution < -0.4 is 5.32 Å². The Bertz CT molecular complexity index is 330. The molecule has 1 aliphatic heterocycles. The fourth-order valence-electron chi connectivity index (χ4n) is 1.50. The van der Waals surface area contributed by atoms with Crippen LogP contribution in [0.15, 0.2) is 0 Å². The van der Waals surface area contributed by atoms with Crippen molar-refractivity contribution in [2.24, 2.45) is 0 Å². The highest BCUT2D eigenvalue weighted by molar-refractivity contribution is 7.99. The lowest BCUT2D eigenvalue weighted by Gasteiger charge is -2.22. The van der Waals surface area contributed by atoms with E-state index in [2.05, 4.69) is 10.1 Å². The third kappa shape index (κ3) is 4.44. The van der Waals surface area contributed by atoms with Gasteiger partial charge in [-0.1, -0.05) is 0 Å². The Morgan fingerprint density at radius 1 is 1.50 bits per heavy atom. The lowest BCUT2D eigenvalue weighted by atomic mass is 10.2. The lowest BCUT2D eigenvalue weighted by molar-refractivity contribution is -0.142. The third-order valence-electron chi connectivity index (χ3n) is 2.31. The van der Waals surface area contributed by atoms with E-state index in [1.165, 1.54) is 4.90 Å². The van der Waals surface area contributed by atoms with E-state index >= 15 is 0 Å². The topological polar surface area (TPSA) is 95.9 Å². The maximum Gasteiger partial charge on any atom is 0.407 e. The van der Waals surface area contributed by atoms with Crippen LogP contribution in [0.5, 0.6) is 0 Å². The van der Waals surface area contributed by atoms with Crippen LogP contribution in [0.2, 0.25) is 0 Å². The van der Waals surface area contributed by atoms with E-state index in [0.29, 0.717) is 12.4 Å². The average Bonchev–Trinajstić information content (AvgIpc) is 2.80. The molecule has 1 heterocycles. The molecule has 0 aromatic carbocycles. The number of aliphatic carboxylic acids is 1. The van der Waals surface area contributed by atoms with Crippen LogP contribution in [0.25, 0.3) is 0 Å². The monoisotopic (exact) mass is 276 g/mol. The highest BCUT2D eigenvalue weighted by Gasteiger charge is 2.30. The van der Waals surface area contributed by atoms with Crippen molar-refractivity contribution in [3.63, 3.8) is 0 Å². The third-order valence-corrected chi connectivity index (χ3v) is 3.27. The van der Waals surface area contributed by atoms with Crippen molar-refractivity contribution in [2.75, 3.05) is 24.8 Å². The van der Waals surface area contributed by atoms with Crippen molar-refractivity contribution < 1.29 is 24.2 Å². The van der Waals surface area contributed by atoms with E-state index in [1.54, 1.807) is 18.7 Å². The Kier molecular flexibility index (Phi) is 5.76. The van der Waals surface area contributed by atoms with Gasteiger partial charge in [0.25, 0.3) is 0 Å². The summed E-state index contributed by atoms with van der Waals surface area (Å²) in [5.41, 5.74) is 0. The first-order valence-electron chi connectivity index (χ1n) is 5.56. The summed E-state index contributed by atoms with van der Waals surface area (Å²) in [5, 5.41) is 11.0. The minimum atomic E-state index is -1.14. The molecule has 0 radical (unpaired) electrons. The van der Waals surface area contributed by atoms with Gasteiger partial charge in [-0.05, 0) is 6.92 Å². The van der Waals surface area contributed by atoms with Crippen LogP contribution >= 0.6 is 11.8 Å². The standard InChI is InChI=1S/C10H16N2O5S/c1-2-17-10(16)11-7(5-8(13)14)9(15)12-3-4-18-6-12/h7H,2-6H2,1H3,(H,11,16)(H,13,14)/t7-/m0/s1. The van der Waals surface area contributed by atoms with Gasteiger partial charge in [0.05, 0.1) is 18.9 Å². The number of carboxylic acids is 1. The predicted molar refractivity (Wildman–Crippen MR) is 65.2 cm³/mol. The Labute approximate surface area is 109 Å². The molecule has 2 amide bonds. The first-order valence-corrected chi connectivity index (χ1v) is 6.71. The number of thioether (sulfide) groups is 1. The van der Waals surface area contributed by atoms with Gasteiger partial charge in [-0.3, -0.25) is 9.59 Å². The second-order valence-corrected chi connectivity index (χ2v) is 4.73. The summed E-state index contributed by atoms with van der Waals surface area (Å²) in [6.45, 7) is 2.37. The van der Waals surface area contributed by atoms with Crippen molar-refractivity contribution in [1.29, 1.82) is 0 Å². The minimum Gasteiger partial charge on any atom is -0.481 e. The molecular formula is C10H16N2O5S. The predicted octanol–water partition coefficient (Wildman–Crippen LogP) is 0.109.